The summed E-state index contributed by atoms with van der Waals surface area (Å²) in [5.41, 5.74) is 3.92. The second-order valence-electron chi connectivity index (χ2n) is 7.13. The summed E-state index contributed by atoms with van der Waals surface area (Å²) in [6, 6.07) is 16.8. The third-order valence-corrected chi connectivity index (χ3v) is 5.68. The number of para-hydroxylation sites is 1. The van der Waals surface area contributed by atoms with Crippen LogP contribution in [0.3, 0.4) is 0 Å². The van der Waals surface area contributed by atoms with Crippen molar-refractivity contribution in [2.24, 2.45) is 0 Å². The number of nitrogens with zero attached hydrogens (tertiary/aromatic N) is 1. The molecular formula is C23H25ClN2. The van der Waals surface area contributed by atoms with E-state index in [1.807, 2.05) is 12.1 Å². The molecule has 134 valence electrons. The Bertz CT molecular complexity index is 896. The lowest BCUT2D eigenvalue weighted by atomic mass is 9.95. The Hall–Kier alpha value is -2.03. The van der Waals surface area contributed by atoms with Crippen LogP contribution < -0.4 is 0 Å². The fourth-order valence-corrected chi connectivity index (χ4v) is 4.21. The molecule has 1 unspecified atom stereocenters. The van der Waals surface area contributed by atoms with Gasteiger partial charge in [-0.3, -0.25) is 4.90 Å². The lowest BCUT2D eigenvalue weighted by molar-refractivity contribution is 0.278. The van der Waals surface area contributed by atoms with Crippen LogP contribution in [0.15, 0.2) is 66.9 Å². The third-order valence-electron chi connectivity index (χ3n) is 5.34. The largest absolute Gasteiger partial charge is 0.361 e. The molecule has 0 fully saturated rings. The zero-order chi connectivity index (χ0) is 17.8. The Balaban J connectivity index is 1.29. The van der Waals surface area contributed by atoms with Gasteiger partial charge in [-0.15, -0.1) is 0 Å². The standard InChI is InChI=1S/C23H25ClN2/c24-22-12-3-1-10-20(22)19-9-7-15-26(17-19)14-6-5-8-18-16-25-23-13-4-2-11-21(18)23/h1-4,7,9-13,16,19,25H,5-6,8,14-15,17H2. The molecule has 2 heterocycles. The molecule has 4 rings (SSSR count). The van der Waals surface area contributed by atoms with Crippen molar-refractivity contribution >= 4 is 22.5 Å². The maximum atomic E-state index is 6.38. The minimum atomic E-state index is 0.408. The molecule has 1 atom stereocenters. The van der Waals surface area contributed by atoms with E-state index in [-0.39, 0.29) is 0 Å². The average molecular weight is 365 g/mol. The van der Waals surface area contributed by atoms with Crippen LogP contribution in [0.2, 0.25) is 5.02 Å². The Morgan fingerprint density at radius 1 is 1.04 bits per heavy atom. The first kappa shape index (κ1) is 17.4. The predicted octanol–water partition coefficient (Wildman–Crippen LogP) is 5.80. The number of aryl methyl sites for hydroxylation is 1. The fraction of sp³-hybridized carbons (Fsp3) is 0.304. The number of rotatable bonds is 6. The van der Waals surface area contributed by atoms with Gasteiger partial charge in [0.1, 0.15) is 0 Å². The van der Waals surface area contributed by atoms with Gasteiger partial charge in [0.2, 0.25) is 0 Å². The van der Waals surface area contributed by atoms with Crippen LogP contribution >= 0.6 is 11.6 Å². The van der Waals surface area contributed by atoms with Crippen molar-refractivity contribution in [1.29, 1.82) is 0 Å². The minimum Gasteiger partial charge on any atom is -0.361 e. The van der Waals surface area contributed by atoms with Crippen molar-refractivity contribution in [2.75, 3.05) is 19.6 Å². The first-order chi connectivity index (χ1) is 12.8. The maximum absolute atomic E-state index is 6.38. The molecule has 2 nitrogen and oxygen atoms in total. The first-order valence-corrected chi connectivity index (χ1v) is 9.87. The monoisotopic (exact) mass is 364 g/mol. The number of aromatic amines is 1. The summed E-state index contributed by atoms with van der Waals surface area (Å²) in [7, 11) is 0. The molecule has 0 aliphatic carbocycles. The van der Waals surface area contributed by atoms with Crippen LogP contribution in [0.25, 0.3) is 10.9 Å². The molecule has 0 saturated carbocycles. The van der Waals surface area contributed by atoms with Crippen molar-refractivity contribution in [2.45, 2.75) is 25.2 Å². The zero-order valence-electron chi connectivity index (χ0n) is 15.0. The van der Waals surface area contributed by atoms with E-state index >= 15 is 0 Å². The summed E-state index contributed by atoms with van der Waals surface area (Å²) in [5.74, 6) is 0.408. The number of nitrogens with one attached hydrogen (secondary N) is 1. The summed E-state index contributed by atoms with van der Waals surface area (Å²) < 4.78 is 0. The maximum Gasteiger partial charge on any atom is 0.0456 e. The van der Waals surface area contributed by atoms with Crippen molar-refractivity contribution < 1.29 is 0 Å². The van der Waals surface area contributed by atoms with Crippen molar-refractivity contribution in [1.82, 2.24) is 9.88 Å². The highest BCUT2D eigenvalue weighted by Crippen LogP contribution is 2.28. The molecule has 1 aliphatic heterocycles. The molecule has 0 saturated heterocycles. The number of H-pyrrole nitrogens is 1. The number of hydrogen-bond acceptors (Lipinski definition) is 1. The first-order valence-electron chi connectivity index (χ1n) is 9.50. The zero-order valence-corrected chi connectivity index (χ0v) is 15.8. The molecule has 0 amide bonds. The van der Waals surface area contributed by atoms with E-state index in [2.05, 4.69) is 64.6 Å². The summed E-state index contributed by atoms with van der Waals surface area (Å²) in [5, 5.41) is 2.25. The van der Waals surface area contributed by atoms with Gasteiger partial charge in [-0.05, 0) is 49.1 Å². The summed E-state index contributed by atoms with van der Waals surface area (Å²) in [6.45, 7) is 3.26. The number of halogens is 1. The van der Waals surface area contributed by atoms with Crippen LogP contribution in [0, 0.1) is 0 Å². The summed E-state index contributed by atoms with van der Waals surface area (Å²) in [4.78, 5) is 5.92. The van der Waals surface area contributed by atoms with Gasteiger partial charge in [-0.2, -0.15) is 0 Å². The number of benzene rings is 2. The van der Waals surface area contributed by atoms with Crippen LogP contribution in [0.1, 0.15) is 29.9 Å². The molecule has 26 heavy (non-hydrogen) atoms. The van der Waals surface area contributed by atoms with E-state index in [1.54, 1.807) is 0 Å². The molecule has 1 aromatic heterocycles. The van der Waals surface area contributed by atoms with Gasteiger partial charge in [0.05, 0.1) is 0 Å². The van der Waals surface area contributed by atoms with E-state index in [0.717, 1.165) is 31.1 Å². The van der Waals surface area contributed by atoms with Gasteiger partial charge >= 0.3 is 0 Å². The summed E-state index contributed by atoms with van der Waals surface area (Å²) >= 11 is 6.38. The molecular weight excluding hydrogens is 340 g/mol. The number of fused-ring (bicyclic) bond motifs is 1. The molecule has 2 aromatic carbocycles. The average Bonchev–Trinajstić information content (AvgIpc) is 3.09. The second-order valence-corrected chi connectivity index (χ2v) is 7.54. The quantitative estimate of drug-likeness (QED) is 0.432. The van der Waals surface area contributed by atoms with Crippen LogP contribution in [0.4, 0.5) is 0 Å². The highest BCUT2D eigenvalue weighted by molar-refractivity contribution is 6.31. The van der Waals surface area contributed by atoms with E-state index < -0.39 is 0 Å². The van der Waals surface area contributed by atoms with Crippen molar-refractivity contribution in [3.63, 3.8) is 0 Å². The van der Waals surface area contributed by atoms with E-state index in [4.69, 9.17) is 11.6 Å². The van der Waals surface area contributed by atoms with E-state index in [9.17, 15) is 0 Å². The van der Waals surface area contributed by atoms with Crippen LogP contribution in [0.5, 0.6) is 0 Å². The Kier molecular flexibility index (Phi) is 5.42. The topological polar surface area (TPSA) is 19.0 Å². The van der Waals surface area contributed by atoms with Gasteiger partial charge < -0.3 is 4.98 Å². The molecule has 0 radical (unpaired) electrons. The van der Waals surface area contributed by atoms with Crippen LogP contribution in [-0.2, 0) is 6.42 Å². The normalized spacial score (nSPS) is 17.8. The van der Waals surface area contributed by atoms with Crippen molar-refractivity contribution in [3.8, 4) is 0 Å². The Morgan fingerprint density at radius 2 is 1.88 bits per heavy atom. The van der Waals surface area contributed by atoms with Gasteiger partial charge in [0, 0.05) is 41.1 Å². The lowest BCUT2D eigenvalue weighted by Crippen LogP contribution is -2.32. The van der Waals surface area contributed by atoms with Crippen LogP contribution in [-0.4, -0.2) is 29.5 Å². The highest BCUT2D eigenvalue weighted by Gasteiger charge is 2.18. The number of hydrogen-bond donors (Lipinski definition) is 1. The van der Waals surface area contributed by atoms with Crippen molar-refractivity contribution in [3.05, 3.63) is 83.0 Å². The van der Waals surface area contributed by atoms with E-state index in [1.165, 1.54) is 34.9 Å². The van der Waals surface area contributed by atoms with Gasteiger partial charge in [-0.1, -0.05) is 60.2 Å². The molecule has 1 N–H and O–H groups in total. The number of aromatic nitrogens is 1. The minimum absolute atomic E-state index is 0.408. The lowest BCUT2D eigenvalue weighted by Gasteiger charge is -2.29. The molecule has 3 aromatic rings. The highest BCUT2D eigenvalue weighted by atomic mass is 35.5. The Morgan fingerprint density at radius 3 is 2.81 bits per heavy atom. The molecule has 0 spiro atoms. The van der Waals surface area contributed by atoms with Gasteiger partial charge in [0.25, 0.3) is 0 Å². The van der Waals surface area contributed by atoms with E-state index in [0.29, 0.717) is 5.92 Å². The molecule has 3 heteroatoms. The molecule has 0 bridgehead atoms. The Labute approximate surface area is 160 Å². The SMILES string of the molecule is Clc1ccccc1C1C=CCN(CCCCc2c[nH]c3ccccc23)C1. The van der Waals surface area contributed by atoms with Gasteiger partial charge in [-0.25, -0.2) is 0 Å². The molecule has 1 aliphatic rings. The number of unbranched alkanes of at least 4 members (excludes halogenated alkanes) is 1. The predicted molar refractivity (Wildman–Crippen MR) is 111 cm³/mol. The second kappa shape index (κ2) is 8.11. The smallest absolute Gasteiger partial charge is 0.0456 e. The summed E-state index contributed by atoms with van der Waals surface area (Å²) in [6.07, 6.45) is 10.4. The third kappa shape index (κ3) is 3.87. The fourth-order valence-electron chi connectivity index (χ4n) is 3.94. The van der Waals surface area contributed by atoms with Gasteiger partial charge in [0.15, 0.2) is 0 Å².